The maximum Gasteiger partial charge on any atom is 0.243 e. The van der Waals surface area contributed by atoms with Gasteiger partial charge < -0.3 is 5.32 Å². The minimum absolute atomic E-state index is 0.0297. The van der Waals surface area contributed by atoms with Crippen molar-refractivity contribution in [1.29, 1.82) is 0 Å². The Labute approximate surface area is 160 Å². The third-order valence-electron chi connectivity index (χ3n) is 3.48. The van der Waals surface area contributed by atoms with E-state index in [0.717, 1.165) is 7.88 Å². The van der Waals surface area contributed by atoms with E-state index in [9.17, 15) is 18.0 Å². The lowest BCUT2D eigenvalue weighted by atomic mass is 10.2. The number of amides is 1. The number of carbonyl (C=O) groups is 2. The summed E-state index contributed by atoms with van der Waals surface area (Å²) in [7, 11) is -2.48. The number of para-hydroxylation sites is 1. The van der Waals surface area contributed by atoms with E-state index in [2.05, 4.69) is 27.9 Å². The van der Waals surface area contributed by atoms with Gasteiger partial charge in [-0.15, -0.1) is 0 Å². The standard InChI is InChI=1S/C17H17IN2O4S/c1-12(21)13-7-9-14(10-8-13)25(23,24)20(2)11-17(22)19-16-6-4-3-5-15(16)18/h3-10H,11H2,1-2H3,(H,19,22). The van der Waals surface area contributed by atoms with Gasteiger partial charge in [0.05, 0.1) is 17.1 Å². The molecule has 1 N–H and O–H groups in total. The van der Waals surface area contributed by atoms with Gasteiger partial charge in [-0.25, -0.2) is 8.42 Å². The fourth-order valence-electron chi connectivity index (χ4n) is 2.08. The van der Waals surface area contributed by atoms with Gasteiger partial charge in [-0.1, -0.05) is 24.3 Å². The molecule has 0 aliphatic carbocycles. The fourth-order valence-corrected chi connectivity index (χ4v) is 3.73. The van der Waals surface area contributed by atoms with Crippen LogP contribution in [0.2, 0.25) is 0 Å². The molecular formula is C17H17IN2O4S. The molecule has 0 aliphatic rings. The van der Waals surface area contributed by atoms with Crippen molar-refractivity contribution in [3.63, 3.8) is 0 Å². The Balaban J connectivity index is 2.10. The van der Waals surface area contributed by atoms with Crippen LogP contribution in [0, 0.1) is 3.57 Å². The molecule has 0 saturated carbocycles. The van der Waals surface area contributed by atoms with Gasteiger partial charge in [-0.3, -0.25) is 9.59 Å². The highest BCUT2D eigenvalue weighted by atomic mass is 127. The quantitative estimate of drug-likeness (QED) is 0.518. The van der Waals surface area contributed by atoms with Crippen molar-refractivity contribution in [2.24, 2.45) is 0 Å². The second-order valence-corrected chi connectivity index (χ2v) is 8.58. The van der Waals surface area contributed by atoms with Crippen LogP contribution in [-0.2, 0) is 14.8 Å². The monoisotopic (exact) mass is 472 g/mol. The lowest BCUT2D eigenvalue weighted by molar-refractivity contribution is -0.116. The zero-order chi connectivity index (χ0) is 18.6. The SMILES string of the molecule is CC(=O)c1ccc(S(=O)(=O)N(C)CC(=O)Nc2ccccc2I)cc1. The van der Waals surface area contributed by atoms with Gasteiger partial charge in [0, 0.05) is 16.2 Å². The number of nitrogens with zero attached hydrogens (tertiary/aromatic N) is 1. The van der Waals surface area contributed by atoms with E-state index in [1.54, 1.807) is 12.1 Å². The summed E-state index contributed by atoms with van der Waals surface area (Å²) in [5.74, 6) is -0.579. The summed E-state index contributed by atoms with van der Waals surface area (Å²) >= 11 is 2.09. The summed E-state index contributed by atoms with van der Waals surface area (Å²) in [5.41, 5.74) is 1.06. The number of hydrogen-bond donors (Lipinski definition) is 1. The summed E-state index contributed by atoms with van der Waals surface area (Å²) in [6.45, 7) is 1.09. The van der Waals surface area contributed by atoms with Crippen LogP contribution in [-0.4, -0.2) is 38.0 Å². The number of hydrogen-bond acceptors (Lipinski definition) is 4. The van der Waals surface area contributed by atoms with Gasteiger partial charge in [-0.2, -0.15) is 4.31 Å². The number of sulfonamides is 1. The van der Waals surface area contributed by atoms with Gasteiger partial charge in [-0.05, 0) is 53.8 Å². The summed E-state index contributed by atoms with van der Waals surface area (Å²) in [6, 6.07) is 12.8. The minimum atomic E-state index is -3.82. The molecule has 0 atom stereocenters. The Morgan fingerprint density at radius 1 is 1.08 bits per heavy atom. The third-order valence-corrected chi connectivity index (χ3v) is 6.24. The second-order valence-electron chi connectivity index (χ2n) is 5.37. The van der Waals surface area contributed by atoms with Crippen LogP contribution < -0.4 is 5.32 Å². The first-order valence-corrected chi connectivity index (χ1v) is 9.85. The van der Waals surface area contributed by atoms with Crippen LogP contribution in [0.4, 0.5) is 5.69 Å². The Hall–Kier alpha value is -1.78. The lowest BCUT2D eigenvalue weighted by Gasteiger charge is -2.17. The number of nitrogens with one attached hydrogen (secondary N) is 1. The van der Waals surface area contributed by atoms with E-state index in [1.807, 2.05) is 12.1 Å². The molecule has 0 aromatic heterocycles. The summed E-state index contributed by atoms with van der Waals surface area (Å²) < 4.78 is 26.9. The van der Waals surface area contributed by atoms with Gasteiger partial charge in [0.2, 0.25) is 15.9 Å². The van der Waals surface area contributed by atoms with Crippen molar-refractivity contribution in [2.45, 2.75) is 11.8 Å². The molecule has 0 saturated heterocycles. The van der Waals surface area contributed by atoms with Crippen LogP contribution in [0.5, 0.6) is 0 Å². The smallest absolute Gasteiger partial charge is 0.243 e. The van der Waals surface area contributed by atoms with Crippen molar-refractivity contribution >= 4 is 50.0 Å². The van der Waals surface area contributed by atoms with E-state index in [1.165, 1.54) is 38.2 Å². The molecule has 0 unspecified atom stereocenters. The maximum atomic E-state index is 12.5. The largest absolute Gasteiger partial charge is 0.324 e. The number of Topliss-reactive ketones (excluding diaryl/α,β-unsaturated/α-hetero) is 1. The summed E-state index contributed by atoms with van der Waals surface area (Å²) in [5, 5.41) is 2.69. The molecule has 0 bridgehead atoms. The molecule has 25 heavy (non-hydrogen) atoms. The predicted molar refractivity (Wildman–Crippen MR) is 104 cm³/mol. The summed E-state index contributed by atoms with van der Waals surface area (Å²) in [6.07, 6.45) is 0. The number of rotatable bonds is 6. The number of likely N-dealkylation sites (N-methyl/N-ethyl adjacent to an activating group) is 1. The Morgan fingerprint density at radius 2 is 1.68 bits per heavy atom. The molecule has 1 amide bonds. The van der Waals surface area contributed by atoms with E-state index in [4.69, 9.17) is 0 Å². The van der Waals surface area contributed by atoms with Crippen molar-refractivity contribution < 1.29 is 18.0 Å². The molecule has 0 fully saturated rings. The molecule has 0 heterocycles. The van der Waals surface area contributed by atoms with E-state index >= 15 is 0 Å². The molecule has 8 heteroatoms. The molecule has 0 spiro atoms. The zero-order valence-electron chi connectivity index (χ0n) is 13.7. The number of anilines is 1. The normalized spacial score (nSPS) is 11.4. The molecule has 0 aliphatic heterocycles. The highest BCUT2D eigenvalue weighted by Gasteiger charge is 2.23. The number of benzene rings is 2. The van der Waals surface area contributed by atoms with E-state index in [-0.39, 0.29) is 17.2 Å². The predicted octanol–water partition coefficient (Wildman–Crippen LogP) is 2.75. The average Bonchev–Trinajstić information content (AvgIpc) is 2.57. The minimum Gasteiger partial charge on any atom is -0.324 e. The molecule has 0 radical (unpaired) electrons. The Bertz CT molecular complexity index is 895. The molecule has 6 nitrogen and oxygen atoms in total. The van der Waals surface area contributed by atoms with E-state index in [0.29, 0.717) is 11.3 Å². The van der Waals surface area contributed by atoms with Gasteiger partial charge in [0.1, 0.15) is 0 Å². The maximum absolute atomic E-state index is 12.5. The second kappa shape index (κ2) is 8.07. The number of halogens is 1. The fraction of sp³-hybridized carbons (Fsp3) is 0.176. The van der Waals surface area contributed by atoms with Crippen LogP contribution in [0.25, 0.3) is 0 Å². The number of ketones is 1. The first kappa shape index (κ1) is 19.5. The lowest BCUT2D eigenvalue weighted by Crippen LogP contribution is -2.35. The Morgan fingerprint density at radius 3 is 2.24 bits per heavy atom. The van der Waals surface area contributed by atoms with Crippen molar-refractivity contribution in [2.75, 3.05) is 18.9 Å². The first-order valence-electron chi connectivity index (χ1n) is 7.33. The topological polar surface area (TPSA) is 83.6 Å². The van der Waals surface area contributed by atoms with Crippen LogP contribution in [0.15, 0.2) is 53.4 Å². The van der Waals surface area contributed by atoms with Crippen LogP contribution in [0.1, 0.15) is 17.3 Å². The number of carbonyl (C=O) groups excluding carboxylic acids is 2. The van der Waals surface area contributed by atoms with E-state index < -0.39 is 15.9 Å². The molecule has 2 aromatic rings. The molecular weight excluding hydrogens is 455 g/mol. The van der Waals surface area contributed by atoms with Gasteiger partial charge >= 0.3 is 0 Å². The third kappa shape index (κ3) is 4.86. The highest BCUT2D eigenvalue weighted by molar-refractivity contribution is 14.1. The molecule has 132 valence electrons. The Kier molecular flexibility index (Phi) is 6.31. The van der Waals surface area contributed by atoms with Crippen molar-refractivity contribution in [3.8, 4) is 0 Å². The first-order chi connectivity index (χ1) is 11.7. The highest BCUT2D eigenvalue weighted by Crippen LogP contribution is 2.18. The average molecular weight is 472 g/mol. The van der Waals surface area contributed by atoms with Crippen molar-refractivity contribution in [3.05, 3.63) is 57.7 Å². The molecule has 2 rings (SSSR count). The zero-order valence-corrected chi connectivity index (χ0v) is 16.7. The van der Waals surface area contributed by atoms with Crippen LogP contribution >= 0.6 is 22.6 Å². The van der Waals surface area contributed by atoms with Crippen molar-refractivity contribution in [1.82, 2.24) is 4.31 Å². The van der Waals surface area contributed by atoms with Gasteiger partial charge in [0.15, 0.2) is 5.78 Å². The summed E-state index contributed by atoms with van der Waals surface area (Å²) in [4.78, 5) is 23.4. The van der Waals surface area contributed by atoms with Gasteiger partial charge in [0.25, 0.3) is 0 Å². The van der Waals surface area contributed by atoms with Crippen LogP contribution in [0.3, 0.4) is 0 Å². The molecule has 2 aromatic carbocycles.